The van der Waals surface area contributed by atoms with Gasteiger partial charge in [-0.2, -0.15) is 0 Å². The van der Waals surface area contributed by atoms with Crippen molar-refractivity contribution in [2.24, 2.45) is 0 Å². The second-order valence-electron chi connectivity index (χ2n) is 7.04. The summed E-state index contributed by atoms with van der Waals surface area (Å²) in [7, 11) is 0. The highest BCUT2D eigenvalue weighted by molar-refractivity contribution is 6.11. The zero-order valence-electron chi connectivity index (χ0n) is 15.5. The van der Waals surface area contributed by atoms with Crippen molar-refractivity contribution in [2.75, 3.05) is 36.1 Å². The van der Waals surface area contributed by atoms with Crippen LogP contribution in [0.3, 0.4) is 0 Å². The van der Waals surface area contributed by atoms with E-state index in [2.05, 4.69) is 28.1 Å². The summed E-state index contributed by atoms with van der Waals surface area (Å²) in [4.78, 5) is 22.2. The first-order valence-corrected chi connectivity index (χ1v) is 9.60. The van der Waals surface area contributed by atoms with Crippen molar-refractivity contribution >= 4 is 17.4 Å². The van der Waals surface area contributed by atoms with Crippen LogP contribution in [0.25, 0.3) is 11.1 Å². The molecular weight excluding hydrogens is 350 g/mol. The average Bonchev–Trinajstić information content (AvgIpc) is 2.78. The van der Waals surface area contributed by atoms with Gasteiger partial charge in [0.1, 0.15) is 5.82 Å². The molecule has 140 valence electrons. The Balaban J connectivity index is 1.57. The van der Waals surface area contributed by atoms with Crippen LogP contribution in [-0.2, 0) is 11.3 Å². The second kappa shape index (κ2) is 7.09. The van der Waals surface area contributed by atoms with E-state index in [1.807, 2.05) is 47.4 Å². The third-order valence-electron chi connectivity index (χ3n) is 5.40. The lowest BCUT2D eigenvalue weighted by Crippen LogP contribution is -2.39. The fourth-order valence-electron chi connectivity index (χ4n) is 4.03. The molecule has 2 aliphatic rings. The van der Waals surface area contributed by atoms with Crippen molar-refractivity contribution in [1.82, 2.24) is 4.98 Å². The Morgan fingerprint density at radius 1 is 0.893 bits per heavy atom. The normalized spacial score (nSPS) is 15.7. The lowest BCUT2D eigenvalue weighted by molar-refractivity contribution is 0.0982. The van der Waals surface area contributed by atoms with Crippen molar-refractivity contribution in [3.63, 3.8) is 0 Å². The molecule has 1 aromatic heterocycles. The van der Waals surface area contributed by atoms with E-state index in [1.165, 1.54) is 5.56 Å². The summed E-state index contributed by atoms with van der Waals surface area (Å²) in [6.45, 7) is 3.37. The molecule has 2 aliphatic heterocycles. The molecule has 0 unspecified atom stereocenters. The van der Waals surface area contributed by atoms with E-state index in [4.69, 9.17) is 4.74 Å². The highest BCUT2D eigenvalue weighted by Gasteiger charge is 2.29. The maximum atomic E-state index is 13.7. The third-order valence-corrected chi connectivity index (χ3v) is 5.40. The third kappa shape index (κ3) is 2.84. The number of aromatic nitrogens is 1. The van der Waals surface area contributed by atoms with Crippen molar-refractivity contribution in [1.29, 1.82) is 0 Å². The first kappa shape index (κ1) is 17.0. The number of anilines is 2. The molecule has 0 spiro atoms. The number of pyridine rings is 1. The molecule has 0 bridgehead atoms. The average molecular weight is 371 g/mol. The summed E-state index contributed by atoms with van der Waals surface area (Å²) in [5.74, 6) is 0.726. The molecule has 0 radical (unpaired) electrons. The van der Waals surface area contributed by atoms with E-state index in [1.54, 1.807) is 6.20 Å². The van der Waals surface area contributed by atoms with Gasteiger partial charge in [-0.05, 0) is 29.3 Å². The molecule has 0 saturated carbocycles. The topological polar surface area (TPSA) is 45.7 Å². The Morgan fingerprint density at radius 3 is 2.50 bits per heavy atom. The first-order chi connectivity index (χ1) is 13.8. The standard InChI is InChI=1S/C23H21N3O2/c27-23(20-9-5-11-24-22(20)25-12-14-28-15-13-25)26-16-17-6-1-2-7-18(17)19-8-3-4-10-21(19)26/h1-11H,12-16H2. The fraction of sp³-hybridized carbons (Fsp3) is 0.217. The highest BCUT2D eigenvalue weighted by Crippen LogP contribution is 2.39. The van der Waals surface area contributed by atoms with Gasteiger partial charge in [-0.1, -0.05) is 42.5 Å². The lowest BCUT2D eigenvalue weighted by atomic mass is 9.93. The fourth-order valence-corrected chi connectivity index (χ4v) is 4.03. The number of fused-ring (bicyclic) bond motifs is 3. The zero-order valence-corrected chi connectivity index (χ0v) is 15.5. The minimum atomic E-state index is -0.0171. The van der Waals surface area contributed by atoms with E-state index >= 15 is 0 Å². The summed E-state index contributed by atoms with van der Waals surface area (Å²) >= 11 is 0. The van der Waals surface area contributed by atoms with E-state index < -0.39 is 0 Å². The van der Waals surface area contributed by atoms with Crippen molar-refractivity contribution in [3.8, 4) is 11.1 Å². The molecule has 5 rings (SSSR count). The largest absolute Gasteiger partial charge is 0.378 e. The highest BCUT2D eigenvalue weighted by atomic mass is 16.5. The number of carbonyl (C=O) groups excluding carboxylic acids is 1. The number of carbonyl (C=O) groups is 1. The van der Waals surface area contributed by atoms with Crippen LogP contribution >= 0.6 is 0 Å². The van der Waals surface area contributed by atoms with Crippen LogP contribution in [0.1, 0.15) is 15.9 Å². The Morgan fingerprint density at radius 2 is 1.64 bits per heavy atom. The molecule has 2 aromatic carbocycles. The number of amides is 1. The maximum absolute atomic E-state index is 13.7. The predicted octanol–water partition coefficient (Wildman–Crippen LogP) is 3.75. The summed E-state index contributed by atoms with van der Waals surface area (Å²) in [5.41, 5.74) is 5.03. The number of morpholine rings is 1. The van der Waals surface area contributed by atoms with Gasteiger partial charge in [0, 0.05) is 24.8 Å². The molecule has 3 aromatic rings. The van der Waals surface area contributed by atoms with E-state index in [0.29, 0.717) is 25.3 Å². The van der Waals surface area contributed by atoms with Gasteiger partial charge in [-0.15, -0.1) is 0 Å². The van der Waals surface area contributed by atoms with Crippen LogP contribution in [0.5, 0.6) is 0 Å². The Kier molecular flexibility index (Phi) is 4.29. The number of para-hydroxylation sites is 1. The minimum Gasteiger partial charge on any atom is -0.378 e. The molecule has 0 N–H and O–H groups in total. The minimum absolute atomic E-state index is 0.0171. The van der Waals surface area contributed by atoms with Gasteiger partial charge in [0.25, 0.3) is 5.91 Å². The Bertz CT molecular complexity index is 1030. The number of rotatable bonds is 2. The van der Waals surface area contributed by atoms with Gasteiger partial charge in [0.2, 0.25) is 0 Å². The molecule has 5 heteroatoms. The summed E-state index contributed by atoms with van der Waals surface area (Å²) in [5, 5.41) is 0. The van der Waals surface area contributed by atoms with Gasteiger partial charge < -0.3 is 14.5 Å². The molecule has 1 amide bonds. The van der Waals surface area contributed by atoms with Crippen LogP contribution in [-0.4, -0.2) is 37.2 Å². The van der Waals surface area contributed by atoms with Crippen LogP contribution < -0.4 is 9.80 Å². The lowest BCUT2D eigenvalue weighted by Gasteiger charge is -2.33. The zero-order chi connectivity index (χ0) is 18.9. The molecule has 1 saturated heterocycles. The summed E-state index contributed by atoms with van der Waals surface area (Å²) in [6.07, 6.45) is 1.75. The predicted molar refractivity (Wildman–Crippen MR) is 110 cm³/mol. The van der Waals surface area contributed by atoms with E-state index in [-0.39, 0.29) is 5.91 Å². The smallest absolute Gasteiger partial charge is 0.262 e. The number of nitrogens with zero attached hydrogens (tertiary/aromatic N) is 3. The Hall–Kier alpha value is -3.18. The van der Waals surface area contributed by atoms with Crippen molar-refractivity contribution in [2.45, 2.75) is 6.54 Å². The molecule has 1 fully saturated rings. The van der Waals surface area contributed by atoms with Gasteiger partial charge in [-0.3, -0.25) is 4.79 Å². The monoisotopic (exact) mass is 371 g/mol. The number of hydrogen-bond acceptors (Lipinski definition) is 4. The summed E-state index contributed by atoms with van der Waals surface area (Å²) in [6, 6.07) is 20.1. The quantitative estimate of drug-likeness (QED) is 0.688. The van der Waals surface area contributed by atoms with Gasteiger partial charge in [0.05, 0.1) is 31.0 Å². The Labute approximate surface area is 164 Å². The molecule has 5 nitrogen and oxygen atoms in total. The van der Waals surface area contributed by atoms with Gasteiger partial charge in [-0.25, -0.2) is 4.98 Å². The summed E-state index contributed by atoms with van der Waals surface area (Å²) < 4.78 is 5.46. The van der Waals surface area contributed by atoms with Crippen LogP contribution in [0.15, 0.2) is 66.9 Å². The van der Waals surface area contributed by atoms with Crippen LogP contribution in [0, 0.1) is 0 Å². The van der Waals surface area contributed by atoms with Gasteiger partial charge in [0.15, 0.2) is 0 Å². The van der Waals surface area contributed by atoms with Crippen molar-refractivity contribution < 1.29 is 9.53 Å². The second-order valence-corrected chi connectivity index (χ2v) is 7.04. The molecule has 28 heavy (non-hydrogen) atoms. The first-order valence-electron chi connectivity index (χ1n) is 9.60. The van der Waals surface area contributed by atoms with Crippen molar-refractivity contribution in [3.05, 3.63) is 78.0 Å². The SMILES string of the molecule is O=C(c1cccnc1N1CCOCC1)N1Cc2ccccc2-c2ccccc21. The van der Waals surface area contributed by atoms with Gasteiger partial charge >= 0.3 is 0 Å². The molecule has 3 heterocycles. The van der Waals surface area contributed by atoms with Crippen LogP contribution in [0.4, 0.5) is 11.5 Å². The van der Waals surface area contributed by atoms with E-state index in [9.17, 15) is 4.79 Å². The van der Waals surface area contributed by atoms with Crippen LogP contribution in [0.2, 0.25) is 0 Å². The molecule has 0 aliphatic carbocycles. The maximum Gasteiger partial charge on any atom is 0.262 e. The molecular formula is C23H21N3O2. The molecule has 0 atom stereocenters. The van der Waals surface area contributed by atoms with E-state index in [0.717, 1.165) is 35.7 Å². The number of ether oxygens (including phenoxy) is 1. The number of hydrogen-bond donors (Lipinski definition) is 0. The number of benzene rings is 2.